The Morgan fingerprint density at radius 3 is 2.76 bits per heavy atom. The second-order valence-electron chi connectivity index (χ2n) is 4.39. The van der Waals surface area contributed by atoms with Crippen LogP contribution in [-0.2, 0) is 4.79 Å². The van der Waals surface area contributed by atoms with Gasteiger partial charge in [-0.25, -0.2) is 4.79 Å². The molecular weight excluding hydrogens is 224 g/mol. The van der Waals surface area contributed by atoms with Gasteiger partial charge in [0, 0.05) is 19.1 Å². The molecule has 1 rings (SSSR count). The molecule has 2 atom stereocenters. The fourth-order valence-electron chi connectivity index (χ4n) is 1.91. The average Bonchev–Trinajstić information content (AvgIpc) is 2.27. The number of hydrogen-bond acceptors (Lipinski definition) is 3. The summed E-state index contributed by atoms with van der Waals surface area (Å²) in [4.78, 5) is 23.9. The number of carbonyl (C=O) groups excluding carboxylic acids is 1. The molecule has 0 aromatic heterocycles. The van der Waals surface area contributed by atoms with Crippen LogP contribution in [0.15, 0.2) is 0 Å². The van der Waals surface area contributed by atoms with Crippen LogP contribution in [0.5, 0.6) is 0 Å². The molecule has 6 heteroatoms. The lowest BCUT2D eigenvalue weighted by Crippen LogP contribution is -2.50. The van der Waals surface area contributed by atoms with Gasteiger partial charge in [0.05, 0.1) is 12.5 Å². The van der Waals surface area contributed by atoms with E-state index in [1.165, 1.54) is 0 Å². The molecule has 6 nitrogen and oxygen atoms in total. The fraction of sp³-hybridized carbons (Fsp3) is 0.818. The van der Waals surface area contributed by atoms with E-state index in [0.29, 0.717) is 19.5 Å². The molecule has 1 heterocycles. The molecule has 0 saturated carbocycles. The SMILES string of the molecule is CCC(CC(=O)O)NC(=O)N1CCCC(O)C1. The minimum Gasteiger partial charge on any atom is -0.481 e. The standard InChI is InChI=1S/C11H20N2O4/c1-2-8(6-10(15)16)12-11(17)13-5-3-4-9(14)7-13/h8-9,14H,2-7H2,1H3,(H,12,17)(H,15,16). The zero-order valence-corrected chi connectivity index (χ0v) is 10.1. The van der Waals surface area contributed by atoms with Crippen LogP contribution in [0.3, 0.4) is 0 Å². The number of aliphatic hydroxyl groups excluding tert-OH is 1. The van der Waals surface area contributed by atoms with Gasteiger partial charge in [0.25, 0.3) is 0 Å². The predicted octanol–water partition coefficient (Wildman–Crippen LogP) is 0.406. The minimum absolute atomic E-state index is 0.0708. The van der Waals surface area contributed by atoms with Gasteiger partial charge >= 0.3 is 12.0 Å². The average molecular weight is 244 g/mol. The summed E-state index contributed by atoms with van der Waals surface area (Å²) < 4.78 is 0. The molecule has 98 valence electrons. The Labute approximate surface area is 101 Å². The zero-order chi connectivity index (χ0) is 12.8. The number of carboxylic acid groups (broad SMARTS) is 1. The lowest BCUT2D eigenvalue weighted by molar-refractivity contribution is -0.137. The van der Waals surface area contributed by atoms with Crippen LogP contribution in [0, 0.1) is 0 Å². The third-order valence-corrected chi connectivity index (χ3v) is 2.93. The molecule has 2 amide bonds. The first-order chi connectivity index (χ1) is 8.02. The van der Waals surface area contributed by atoms with Crippen LogP contribution in [0.1, 0.15) is 32.6 Å². The maximum absolute atomic E-state index is 11.8. The number of amides is 2. The molecule has 17 heavy (non-hydrogen) atoms. The number of nitrogens with zero attached hydrogens (tertiary/aromatic N) is 1. The maximum atomic E-state index is 11.8. The van der Waals surface area contributed by atoms with Crippen molar-refractivity contribution in [1.82, 2.24) is 10.2 Å². The van der Waals surface area contributed by atoms with E-state index in [0.717, 1.165) is 12.8 Å². The van der Waals surface area contributed by atoms with Crippen LogP contribution in [-0.4, -0.2) is 52.3 Å². The molecule has 3 N–H and O–H groups in total. The predicted molar refractivity (Wildman–Crippen MR) is 61.7 cm³/mol. The molecule has 0 bridgehead atoms. The molecule has 1 fully saturated rings. The number of aliphatic carboxylic acids is 1. The molecule has 1 aliphatic heterocycles. The summed E-state index contributed by atoms with van der Waals surface area (Å²) in [6, 6.07) is -0.629. The maximum Gasteiger partial charge on any atom is 0.317 e. The lowest BCUT2D eigenvalue weighted by atomic mass is 10.1. The summed E-state index contributed by atoms with van der Waals surface area (Å²) in [7, 11) is 0. The third-order valence-electron chi connectivity index (χ3n) is 2.93. The number of urea groups is 1. The summed E-state index contributed by atoms with van der Waals surface area (Å²) in [5, 5.41) is 20.8. The van der Waals surface area contributed by atoms with Crippen LogP contribution in [0.2, 0.25) is 0 Å². The molecule has 0 aliphatic carbocycles. The number of piperidine rings is 1. The zero-order valence-electron chi connectivity index (χ0n) is 10.1. The molecule has 0 aromatic carbocycles. The highest BCUT2D eigenvalue weighted by Crippen LogP contribution is 2.10. The number of rotatable bonds is 4. The highest BCUT2D eigenvalue weighted by molar-refractivity contribution is 5.76. The summed E-state index contributed by atoms with van der Waals surface area (Å²) in [6.45, 7) is 2.78. The van der Waals surface area contributed by atoms with Crippen molar-refractivity contribution in [1.29, 1.82) is 0 Å². The molecule has 1 aliphatic rings. The van der Waals surface area contributed by atoms with Crippen molar-refractivity contribution in [3.8, 4) is 0 Å². The number of nitrogens with one attached hydrogen (secondary N) is 1. The van der Waals surface area contributed by atoms with Crippen molar-refractivity contribution in [3.05, 3.63) is 0 Å². The van der Waals surface area contributed by atoms with Gasteiger partial charge in [-0.3, -0.25) is 4.79 Å². The van der Waals surface area contributed by atoms with E-state index in [9.17, 15) is 14.7 Å². The Bertz CT molecular complexity index is 283. The molecule has 0 spiro atoms. The molecule has 1 saturated heterocycles. The number of β-amino-alcohol motifs (C(OH)–C–C–N with tert-alkyl or cyclic N) is 1. The Hall–Kier alpha value is -1.30. The van der Waals surface area contributed by atoms with Crippen LogP contribution >= 0.6 is 0 Å². The summed E-state index contributed by atoms with van der Waals surface area (Å²) in [6.07, 6.45) is 1.54. The summed E-state index contributed by atoms with van der Waals surface area (Å²) in [5.74, 6) is -0.921. The van der Waals surface area contributed by atoms with Crippen LogP contribution < -0.4 is 5.32 Å². The summed E-state index contributed by atoms with van der Waals surface area (Å²) in [5.41, 5.74) is 0. The van der Waals surface area contributed by atoms with Crippen molar-refractivity contribution in [2.75, 3.05) is 13.1 Å². The van der Waals surface area contributed by atoms with E-state index in [2.05, 4.69) is 5.32 Å². The quantitative estimate of drug-likeness (QED) is 0.668. The van der Waals surface area contributed by atoms with Gasteiger partial charge in [0.1, 0.15) is 0 Å². The molecule has 2 unspecified atom stereocenters. The first kappa shape index (κ1) is 13.8. The largest absolute Gasteiger partial charge is 0.481 e. The molecule has 0 aromatic rings. The Morgan fingerprint density at radius 2 is 2.24 bits per heavy atom. The van der Waals surface area contributed by atoms with Crippen LogP contribution in [0.4, 0.5) is 4.79 Å². The second kappa shape index (κ2) is 6.44. The van der Waals surface area contributed by atoms with Gasteiger partial charge in [-0.15, -0.1) is 0 Å². The Balaban J connectivity index is 2.43. The highest BCUT2D eigenvalue weighted by Gasteiger charge is 2.24. The van der Waals surface area contributed by atoms with Crippen molar-refractivity contribution in [2.45, 2.75) is 44.8 Å². The van der Waals surface area contributed by atoms with E-state index >= 15 is 0 Å². The van der Waals surface area contributed by atoms with E-state index < -0.39 is 12.1 Å². The van der Waals surface area contributed by atoms with E-state index in [4.69, 9.17) is 5.11 Å². The Kier molecular flexibility index (Phi) is 5.21. The topological polar surface area (TPSA) is 89.9 Å². The van der Waals surface area contributed by atoms with E-state index in [1.54, 1.807) is 4.90 Å². The van der Waals surface area contributed by atoms with E-state index in [-0.39, 0.29) is 18.5 Å². The highest BCUT2D eigenvalue weighted by atomic mass is 16.4. The number of carbonyl (C=O) groups is 2. The number of carboxylic acids is 1. The van der Waals surface area contributed by atoms with Crippen molar-refractivity contribution >= 4 is 12.0 Å². The van der Waals surface area contributed by atoms with Crippen molar-refractivity contribution in [3.63, 3.8) is 0 Å². The first-order valence-corrected chi connectivity index (χ1v) is 5.98. The van der Waals surface area contributed by atoms with Gasteiger partial charge in [0.15, 0.2) is 0 Å². The fourth-order valence-corrected chi connectivity index (χ4v) is 1.91. The van der Waals surface area contributed by atoms with Crippen molar-refractivity contribution in [2.24, 2.45) is 0 Å². The third kappa shape index (κ3) is 4.60. The van der Waals surface area contributed by atoms with Gasteiger partial charge in [-0.1, -0.05) is 6.92 Å². The first-order valence-electron chi connectivity index (χ1n) is 5.98. The van der Waals surface area contributed by atoms with Gasteiger partial charge in [-0.05, 0) is 19.3 Å². The van der Waals surface area contributed by atoms with Gasteiger partial charge in [-0.2, -0.15) is 0 Å². The van der Waals surface area contributed by atoms with Gasteiger partial charge in [0.2, 0.25) is 0 Å². The van der Waals surface area contributed by atoms with Crippen molar-refractivity contribution < 1.29 is 19.8 Å². The summed E-state index contributed by atoms with van der Waals surface area (Å²) >= 11 is 0. The van der Waals surface area contributed by atoms with E-state index in [1.807, 2.05) is 6.92 Å². The normalized spacial score (nSPS) is 22.0. The number of aliphatic hydroxyl groups is 1. The second-order valence-corrected chi connectivity index (χ2v) is 4.39. The van der Waals surface area contributed by atoms with Gasteiger partial charge < -0.3 is 20.4 Å². The van der Waals surface area contributed by atoms with Crippen LogP contribution in [0.25, 0.3) is 0 Å². The molecule has 0 radical (unpaired) electrons. The Morgan fingerprint density at radius 1 is 1.53 bits per heavy atom. The number of likely N-dealkylation sites (tertiary alicyclic amines) is 1. The minimum atomic E-state index is -0.921. The smallest absolute Gasteiger partial charge is 0.317 e. The number of hydrogen-bond donors (Lipinski definition) is 3. The monoisotopic (exact) mass is 244 g/mol. The lowest BCUT2D eigenvalue weighted by Gasteiger charge is -2.31. The molecular formula is C11H20N2O4.